The number of hydrogen-bond acceptors (Lipinski definition) is 3. The minimum atomic E-state index is -0.487. The predicted molar refractivity (Wildman–Crippen MR) is 69.4 cm³/mol. The lowest BCUT2D eigenvalue weighted by molar-refractivity contribution is 0.0994. The number of rotatable bonds is 4. The fourth-order valence-electron chi connectivity index (χ4n) is 2.43. The number of nitrogens with two attached hydrogens (primary N) is 1. The Balaban J connectivity index is 1.94. The highest BCUT2D eigenvalue weighted by Crippen LogP contribution is 2.24. The second-order valence-electron chi connectivity index (χ2n) is 4.90. The zero-order valence-electron chi connectivity index (χ0n) is 10.6. The topological polar surface area (TPSA) is 65.2 Å². The highest BCUT2D eigenvalue weighted by atomic mass is 16.5. The van der Waals surface area contributed by atoms with Gasteiger partial charge in [0.1, 0.15) is 5.75 Å². The number of hydrogen-bond donors (Lipinski definition) is 1. The predicted octanol–water partition coefficient (Wildman–Crippen LogP) is 2.53. The molecule has 0 spiro atoms. The van der Waals surface area contributed by atoms with Gasteiger partial charge in [-0.1, -0.05) is 25.7 Å². The number of amides is 1. The number of aromatic nitrogens is 1. The summed E-state index contributed by atoms with van der Waals surface area (Å²) in [6.45, 7) is 0.671. The summed E-state index contributed by atoms with van der Waals surface area (Å²) >= 11 is 0. The van der Waals surface area contributed by atoms with Gasteiger partial charge in [-0.2, -0.15) is 0 Å². The maximum Gasteiger partial charge on any atom is 0.254 e. The summed E-state index contributed by atoms with van der Waals surface area (Å²) in [6.07, 6.45) is 10.8. The molecule has 0 aliphatic heterocycles. The molecule has 1 aromatic rings. The first-order valence-corrected chi connectivity index (χ1v) is 6.64. The molecule has 1 heterocycles. The fourth-order valence-corrected chi connectivity index (χ4v) is 2.43. The molecule has 1 aromatic heterocycles. The number of pyridine rings is 1. The fraction of sp³-hybridized carbons (Fsp3) is 0.571. The van der Waals surface area contributed by atoms with Crippen molar-refractivity contribution in [3.05, 3.63) is 24.0 Å². The molecule has 1 fully saturated rings. The second-order valence-corrected chi connectivity index (χ2v) is 4.90. The lowest BCUT2D eigenvalue weighted by Gasteiger charge is -2.16. The Labute approximate surface area is 108 Å². The highest BCUT2D eigenvalue weighted by molar-refractivity contribution is 5.95. The minimum absolute atomic E-state index is 0.367. The van der Waals surface area contributed by atoms with E-state index in [9.17, 15) is 4.79 Å². The molecule has 98 valence electrons. The van der Waals surface area contributed by atoms with E-state index in [2.05, 4.69) is 4.98 Å². The summed E-state index contributed by atoms with van der Waals surface area (Å²) in [7, 11) is 0. The highest BCUT2D eigenvalue weighted by Gasteiger charge is 2.15. The normalized spacial score (nSPS) is 17.1. The van der Waals surface area contributed by atoms with Gasteiger partial charge in [0.2, 0.25) is 0 Å². The Morgan fingerprint density at radius 2 is 2.06 bits per heavy atom. The summed E-state index contributed by atoms with van der Waals surface area (Å²) in [4.78, 5) is 15.1. The molecule has 2 rings (SSSR count). The molecule has 0 atom stereocenters. The number of ether oxygens (including phenoxy) is 1. The van der Waals surface area contributed by atoms with E-state index >= 15 is 0 Å². The van der Waals surface area contributed by atoms with Crippen LogP contribution in [0.4, 0.5) is 0 Å². The van der Waals surface area contributed by atoms with E-state index in [1.807, 2.05) is 0 Å². The van der Waals surface area contributed by atoms with Gasteiger partial charge >= 0.3 is 0 Å². The van der Waals surface area contributed by atoms with Crippen LogP contribution in [0.1, 0.15) is 48.9 Å². The van der Waals surface area contributed by atoms with Crippen LogP contribution in [0.5, 0.6) is 5.75 Å². The summed E-state index contributed by atoms with van der Waals surface area (Å²) in [6, 6.07) is 1.71. The van der Waals surface area contributed by atoms with Crippen molar-refractivity contribution in [3.63, 3.8) is 0 Å². The van der Waals surface area contributed by atoms with Crippen LogP contribution in [0.3, 0.4) is 0 Å². The maximum absolute atomic E-state index is 11.2. The first-order chi connectivity index (χ1) is 8.77. The summed E-state index contributed by atoms with van der Waals surface area (Å²) in [5.74, 6) is 0.669. The molecule has 4 nitrogen and oxygen atoms in total. The van der Waals surface area contributed by atoms with Gasteiger partial charge in [0.05, 0.1) is 12.2 Å². The largest absolute Gasteiger partial charge is 0.492 e. The van der Waals surface area contributed by atoms with Crippen LogP contribution in [-0.2, 0) is 0 Å². The van der Waals surface area contributed by atoms with Gasteiger partial charge in [-0.3, -0.25) is 9.78 Å². The molecule has 1 amide bonds. The van der Waals surface area contributed by atoms with Crippen molar-refractivity contribution >= 4 is 5.91 Å². The smallest absolute Gasteiger partial charge is 0.254 e. The van der Waals surface area contributed by atoms with Gasteiger partial charge in [0.15, 0.2) is 0 Å². The average molecular weight is 248 g/mol. The molecule has 1 saturated carbocycles. The van der Waals surface area contributed by atoms with Crippen LogP contribution >= 0.6 is 0 Å². The van der Waals surface area contributed by atoms with Gasteiger partial charge < -0.3 is 10.5 Å². The van der Waals surface area contributed by atoms with Gasteiger partial charge in [0, 0.05) is 12.4 Å². The Bertz CT molecular complexity index is 399. The molecular formula is C14H20N2O2. The molecule has 18 heavy (non-hydrogen) atoms. The lowest BCUT2D eigenvalue weighted by Crippen LogP contribution is -2.16. The number of primary amides is 1. The van der Waals surface area contributed by atoms with Crippen molar-refractivity contribution in [1.29, 1.82) is 0 Å². The van der Waals surface area contributed by atoms with Crippen molar-refractivity contribution in [1.82, 2.24) is 4.98 Å². The van der Waals surface area contributed by atoms with Crippen LogP contribution in [0.15, 0.2) is 18.5 Å². The van der Waals surface area contributed by atoms with Crippen molar-refractivity contribution in [3.8, 4) is 5.75 Å². The van der Waals surface area contributed by atoms with Crippen LogP contribution < -0.4 is 10.5 Å². The quantitative estimate of drug-likeness (QED) is 0.833. The second kappa shape index (κ2) is 6.38. The van der Waals surface area contributed by atoms with E-state index < -0.39 is 5.91 Å². The van der Waals surface area contributed by atoms with Gasteiger partial charge in [0.25, 0.3) is 5.91 Å². The molecule has 0 bridgehead atoms. The molecule has 0 radical (unpaired) electrons. The van der Waals surface area contributed by atoms with Crippen molar-refractivity contribution in [2.45, 2.75) is 38.5 Å². The average Bonchev–Trinajstić information content (AvgIpc) is 2.65. The molecule has 2 N–H and O–H groups in total. The van der Waals surface area contributed by atoms with Crippen molar-refractivity contribution in [2.24, 2.45) is 11.7 Å². The molecule has 4 heteroatoms. The van der Waals surface area contributed by atoms with E-state index in [-0.39, 0.29) is 0 Å². The van der Waals surface area contributed by atoms with E-state index in [4.69, 9.17) is 10.5 Å². The Kier molecular flexibility index (Phi) is 4.56. The van der Waals surface area contributed by atoms with Crippen LogP contribution in [0.2, 0.25) is 0 Å². The summed E-state index contributed by atoms with van der Waals surface area (Å²) in [5.41, 5.74) is 5.66. The molecular weight excluding hydrogens is 228 g/mol. The van der Waals surface area contributed by atoms with E-state index in [1.165, 1.54) is 44.7 Å². The SMILES string of the molecule is NC(=O)c1cnccc1OCC1CCCCCC1. The van der Waals surface area contributed by atoms with Gasteiger partial charge in [-0.05, 0) is 24.8 Å². The third-order valence-electron chi connectivity index (χ3n) is 3.50. The van der Waals surface area contributed by atoms with Gasteiger partial charge in [-0.25, -0.2) is 0 Å². The van der Waals surface area contributed by atoms with E-state index in [0.29, 0.717) is 23.8 Å². The zero-order chi connectivity index (χ0) is 12.8. The standard InChI is InChI=1S/C14H20N2O2/c15-14(17)12-9-16-8-7-13(12)18-10-11-5-3-1-2-4-6-11/h7-9,11H,1-6,10H2,(H2,15,17). The van der Waals surface area contributed by atoms with E-state index in [1.54, 1.807) is 12.3 Å². The Hall–Kier alpha value is -1.58. The molecule has 1 aliphatic rings. The monoisotopic (exact) mass is 248 g/mol. The Morgan fingerprint density at radius 3 is 2.72 bits per heavy atom. The Morgan fingerprint density at radius 1 is 1.33 bits per heavy atom. The number of carbonyl (C=O) groups excluding carboxylic acids is 1. The summed E-state index contributed by atoms with van der Waals surface area (Å²) in [5, 5.41) is 0. The van der Waals surface area contributed by atoms with Crippen LogP contribution in [0, 0.1) is 5.92 Å². The number of carbonyl (C=O) groups is 1. The van der Waals surface area contributed by atoms with Crippen molar-refractivity contribution < 1.29 is 9.53 Å². The zero-order valence-corrected chi connectivity index (χ0v) is 10.6. The maximum atomic E-state index is 11.2. The third-order valence-corrected chi connectivity index (χ3v) is 3.50. The molecule has 1 aliphatic carbocycles. The lowest BCUT2D eigenvalue weighted by atomic mass is 10.0. The first kappa shape index (κ1) is 12.9. The first-order valence-electron chi connectivity index (χ1n) is 6.64. The van der Waals surface area contributed by atoms with Crippen molar-refractivity contribution in [2.75, 3.05) is 6.61 Å². The molecule has 0 saturated heterocycles. The molecule has 0 aromatic carbocycles. The summed E-state index contributed by atoms with van der Waals surface area (Å²) < 4.78 is 5.75. The molecule has 0 unspecified atom stereocenters. The number of nitrogens with zero attached hydrogens (tertiary/aromatic N) is 1. The van der Waals surface area contributed by atoms with Crippen LogP contribution in [0.25, 0.3) is 0 Å². The minimum Gasteiger partial charge on any atom is -0.492 e. The van der Waals surface area contributed by atoms with Gasteiger partial charge in [-0.15, -0.1) is 0 Å². The van der Waals surface area contributed by atoms with E-state index in [0.717, 1.165) is 0 Å². The van der Waals surface area contributed by atoms with Crippen LogP contribution in [-0.4, -0.2) is 17.5 Å². The third kappa shape index (κ3) is 3.45.